The van der Waals surface area contributed by atoms with Gasteiger partial charge in [0.1, 0.15) is 24.6 Å². The zero-order valence-electron chi connectivity index (χ0n) is 11.3. The van der Waals surface area contributed by atoms with Crippen molar-refractivity contribution in [2.75, 3.05) is 6.61 Å². The van der Waals surface area contributed by atoms with Crippen molar-refractivity contribution < 1.29 is 28.6 Å². The molecule has 3 atom stereocenters. The Morgan fingerprint density at radius 1 is 1.11 bits per heavy atom. The summed E-state index contributed by atoms with van der Waals surface area (Å²) in [4.78, 5) is 32.9. The van der Waals surface area contributed by atoms with E-state index in [2.05, 4.69) is 0 Å². The average molecular weight is 270 g/mol. The SMILES string of the molecule is CC(=O)C[C@@H]1C=C[C@H](OC(C)=O)[C@@H](COC(C)=O)O1. The summed E-state index contributed by atoms with van der Waals surface area (Å²) < 4.78 is 15.5. The second-order valence-corrected chi connectivity index (χ2v) is 4.38. The molecule has 0 N–H and O–H groups in total. The van der Waals surface area contributed by atoms with E-state index in [4.69, 9.17) is 14.2 Å². The van der Waals surface area contributed by atoms with Gasteiger partial charge in [-0.25, -0.2) is 0 Å². The summed E-state index contributed by atoms with van der Waals surface area (Å²) in [5, 5.41) is 0. The van der Waals surface area contributed by atoms with Gasteiger partial charge in [-0.3, -0.25) is 14.4 Å². The lowest BCUT2D eigenvalue weighted by atomic mass is 10.1. The monoisotopic (exact) mass is 270 g/mol. The van der Waals surface area contributed by atoms with E-state index in [1.807, 2.05) is 0 Å². The van der Waals surface area contributed by atoms with Gasteiger partial charge in [-0.05, 0) is 13.0 Å². The highest BCUT2D eigenvalue weighted by Gasteiger charge is 2.30. The third-order valence-corrected chi connectivity index (χ3v) is 2.47. The average Bonchev–Trinajstić information content (AvgIpc) is 2.27. The minimum Gasteiger partial charge on any atom is -0.463 e. The molecule has 0 saturated heterocycles. The summed E-state index contributed by atoms with van der Waals surface area (Å²) >= 11 is 0. The zero-order valence-corrected chi connectivity index (χ0v) is 11.3. The molecule has 1 rings (SSSR count). The van der Waals surface area contributed by atoms with Crippen LogP contribution in [-0.2, 0) is 28.6 Å². The summed E-state index contributed by atoms with van der Waals surface area (Å²) in [6.07, 6.45) is 1.98. The van der Waals surface area contributed by atoms with Crippen LogP contribution >= 0.6 is 0 Å². The molecule has 1 aliphatic rings. The fourth-order valence-electron chi connectivity index (χ4n) is 1.74. The van der Waals surface area contributed by atoms with E-state index in [1.165, 1.54) is 20.8 Å². The quantitative estimate of drug-likeness (QED) is 0.542. The number of rotatable bonds is 5. The van der Waals surface area contributed by atoms with Crippen LogP contribution in [0.25, 0.3) is 0 Å². The third-order valence-electron chi connectivity index (χ3n) is 2.47. The maximum absolute atomic E-state index is 11.1. The Labute approximate surface area is 111 Å². The molecule has 6 nitrogen and oxygen atoms in total. The van der Waals surface area contributed by atoms with Crippen LogP contribution < -0.4 is 0 Å². The van der Waals surface area contributed by atoms with Crippen molar-refractivity contribution in [2.45, 2.75) is 45.5 Å². The Kier molecular flexibility index (Phi) is 5.69. The van der Waals surface area contributed by atoms with Gasteiger partial charge in [-0.2, -0.15) is 0 Å². The molecule has 0 aliphatic carbocycles. The van der Waals surface area contributed by atoms with Crippen molar-refractivity contribution in [2.24, 2.45) is 0 Å². The van der Waals surface area contributed by atoms with Gasteiger partial charge in [0.05, 0.1) is 6.10 Å². The molecule has 0 fully saturated rings. The van der Waals surface area contributed by atoms with Crippen molar-refractivity contribution in [3.63, 3.8) is 0 Å². The van der Waals surface area contributed by atoms with Gasteiger partial charge >= 0.3 is 11.9 Å². The second kappa shape index (κ2) is 7.04. The van der Waals surface area contributed by atoms with Crippen molar-refractivity contribution in [1.82, 2.24) is 0 Å². The zero-order chi connectivity index (χ0) is 14.4. The Morgan fingerprint density at radius 2 is 1.79 bits per heavy atom. The third kappa shape index (κ3) is 5.65. The van der Waals surface area contributed by atoms with Crippen molar-refractivity contribution in [1.29, 1.82) is 0 Å². The summed E-state index contributed by atoms with van der Waals surface area (Å²) in [6, 6.07) is 0. The number of hydrogen-bond donors (Lipinski definition) is 0. The van der Waals surface area contributed by atoms with Crippen molar-refractivity contribution in [3.05, 3.63) is 12.2 Å². The molecule has 0 radical (unpaired) electrons. The largest absolute Gasteiger partial charge is 0.463 e. The fraction of sp³-hybridized carbons (Fsp3) is 0.615. The van der Waals surface area contributed by atoms with Crippen LogP contribution in [0.15, 0.2) is 12.2 Å². The summed E-state index contributed by atoms with van der Waals surface area (Å²) in [7, 11) is 0. The Hall–Kier alpha value is -1.69. The number of Topliss-reactive ketones (excluding diaryl/α,β-unsaturated/α-hetero) is 1. The van der Waals surface area contributed by atoms with Crippen molar-refractivity contribution in [3.8, 4) is 0 Å². The number of esters is 2. The Morgan fingerprint density at radius 3 is 2.32 bits per heavy atom. The second-order valence-electron chi connectivity index (χ2n) is 4.38. The van der Waals surface area contributed by atoms with Crippen LogP contribution in [-0.4, -0.2) is 42.6 Å². The molecule has 19 heavy (non-hydrogen) atoms. The fourth-order valence-corrected chi connectivity index (χ4v) is 1.74. The first-order chi connectivity index (χ1) is 8.88. The van der Waals surface area contributed by atoms with Gasteiger partial charge < -0.3 is 14.2 Å². The van der Waals surface area contributed by atoms with Gasteiger partial charge in [-0.1, -0.05) is 6.08 Å². The van der Waals surface area contributed by atoms with Crippen LogP contribution in [0, 0.1) is 0 Å². The molecule has 0 spiro atoms. The normalized spacial score (nSPS) is 25.7. The number of ketones is 1. The Bertz CT molecular complexity index is 387. The van der Waals surface area contributed by atoms with Crippen LogP contribution in [0.5, 0.6) is 0 Å². The highest BCUT2D eigenvalue weighted by atomic mass is 16.6. The molecule has 0 saturated carbocycles. The lowest BCUT2D eigenvalue weighted by Crippen LogP contribution is -2.41. The molecule has 0 aromatic carbocycles. The lowest BCUT2D eigenvalue weighted by Gasteiger charge is -2.31. The predicted octanol–water partition coefficient (Wildman–Crippen LogP) is 0.784. The van der Waals surface area contributed by atoms with Crippen molar-refractivity contribution >= 4 is 17.7 Å². The lowest BCUT2D eigenvalue weighted by molar-refractivity contribution is -0.164. The molecule has 1 heterocycles. The highest BCUT2D eigenvalue weighted by Crippen LogP contribution is 2.19. The van der Waals surface area contributed by atoms with E-state index in [0.717, 1.165) is 0 Å². The minimum atomic E-state index is -0.611. The predicted molar refractivity (Wildman–Crippen MR) is 65.3 cm³/mol. The standard InChI is InChI=1S/C13H18O6/c1-8(14)6-11-4-5-12(18-10(3)16)13(19-11)7-17-9(2)15/h4-5,11-13H,6-7H2,1-3H3/t11-,12-,13+/m0/s1. The van der Waals surface area contributed by atoms with Gasteiger partial charge in [-0.15, -0.1) is 0 Å². The van der Waals surface area contributed by atoms with E-state index in [1.54, 1.807) is 12.2 Å². The number of carbonyl (C=O) groups excluding carboxylic acids is 3. The number of ether oxygens (including phenoxy) is 3. The van der Waals surface area contributed by atoms with Crippen LogP contribution in [0.4, 0.5) is 0 Å². The van der Waals surface area contributed by atoms with Gasteiger partial charge in [0, 0.05) is 20.3 Å². The molecule has 0 unspecified atom stereocenters. The van der Waals surface area contributed by atoms with Crippen LogP contribution in [0.1, 0.15) is 27.2 Å². The summed E-state index contributed by atoms with van der Waals surface area (Å²) in [5.74, 6) is -0.897. The summed E-state index contributed by atoms with van der Waals surface area (Å²) in [6.45, 7) is 4.02. The van der Waals surface area contributed by atoms with E-state index in [0.29, 0.717) is 0 Å². The summed E-state index contributed by atoms with van der Waals surface area (Å²) in [5.41, 5.74) is 0. The molecule has 6 heteroatoms. The van der Waals surface area contributed by atoms with Gasteiger partial charge in [0.2, 0.25) is 0 Å². The molecule has 0 amide bonds. The minimum absolute atomic E-state index is 0.00757. The van der Waals surface area contributed by atoms with E-state index in [-0.39, 0.29) is 24.9 Å². The molecule has 0 aromatic heterocycles. The first-order valence-corrected chi connectivity index (χ1v) is 6.02. The molecule has 0 aromatic rings. The molecular formula is C13H18O6. The molecule has 1 aliphatic heterocycles. The maximum atomic E-state index is 11.1. The first kappa shape index (κ1) is 15.4. The number of hydrogen-bond acceptors (Lipinski definition) is 6. The first-order valence-electron chi connectivity index (χ1n) is 6.02. The highest BCUT2D eigenvalue weighted by molar-refractivity contribution is 5.76. The van der Waals surface area contributed by atoms with Gasteiger partial charge in [0.15, 0.2) is 0 Å². The number of carbonyl (C=O) groups is 3. The topological polar surface area (TPSA) is 78.9 Å². The maximum Gasteiger partial charge on any atom is 0.303 e. The van der Waals surface area contributed by atoms with E-state index < -0.39 is 24.1 Å². The molecule has 106 valence electrons. The molecular weight excluding hydrogens is 252 g/mol. The van der Waals surface area contributed by atoms with Gasteiger partial charge in [0.25, 0.3) is 0 Å². The van der Waals surface area contributed by atoms with Crippen LogP contribution in [0.2, 0.25) is 0 Å². The molecule has 0 bridgehead atoms. The van der Waals surface area contributed by atoms with E-state index in [9.17, 15) is 14.4 Å². The Balaban J connectivity index is 2.68. The van der Waals surface area contributed by atoms with Crippen LogP contribution in [0.3, 0.4) is 0 Å². The van der Waals surface area contributed by atoms with E-state index >= 15 is 0 Å². The smallest absolute Gasteiger partial charge is 0.303 e.